The van der Waals surface area contributed by atoms with Gasteiger partial charge in [0.05, 0.1) is 6.33 Å². The van der Waals surface area contributed by atoms with Crippen molar-refractivity contribution < 1.29 is 0 Å². The highest BCUT2D eigenvalue weighted by Crippen LogP contribution is 1.98. The predicted octanol–water partition coefficient (Wildman–Crippen LogP) is 1.82. The quantitative estimate of drug-likeness (QED) is 0.799. The molecule has 94 valence electrons. The number of hydrogen-bond acceptors (Lipinski definition) is 2. The van der Waals surface area contributed by atoms with Gasteiger partial charge in [-0.15, -0.1) is 12.4 Å². The highest BCUT2D eigenvalue weighted by atomic mass is 35.5. The Labute approximate surface area is 108 Å². The van der Waals surface area contributed by atoms with Gasteiger partial charge in [-0.3, -0.25) is 0 Å². The van der Waals surface area contributed by atoms with Crippen LogP contribution in [0.15, 0.2) is 37.1 Å². The summed E-state index contributed by atoms with van der Waals surface area (Å²) in [6.45, 7) is 3.00. The van der Waals surface area contributed by atoms with Gasteiger partial charge in [0.2, 0.25) is 0 Å². The fourth-order valence-corrected chi connectivity index (χ4v) is 1.70. The summed E-state index contributed by atoms with van der Waals surface area (Å²) in [5, 5.41) is 3.44. The molecule has 0 aliphatic carbocycles. The van der Waals surface area contributed by atoms with Crippen molar-refractivity contribution >= 4 is 12.4 Å². The second-order valence-corrected chi connectivity index (χ2v) is 3.94. The molecule has 0 saturated heterocycles. The molecule has 2 rings (SSSR count). The lowest BCUT2D eigenvalue weighted by atomic mass is 10.4. The van der Waals surface area contributed by atoms with Crippen LogP contribution in [0.1, 0.15) is 12.1 Å². The second kappa shape index (κ2) is 7.14. The van der Waals surface area contributed by atoms with Crippen LogP contribution in [-0.4, -0.2) is 20.7 Å². The molecule has 0 amide bonds. The first-order valence-electron chi connectivity index (χ1n) is 5.63. The third-order valence-electron chi connectivity index (χ3n) is 2.69. The summed E-state index contributed by atoms with van der Waals surface area (Å²) in [5.41, 5.74) is 1.32. The molecule has 0 bridgehead atoms. The molecule has 17 heavy (non-hydrogen) atoms. The van der Waals surface area contributed by atoms with E-state index in [2.05, 4.69) is 44.8 Å². The van der Waals surface area contributed by atoms with Crippen molar-refractivity contribution in [2.75, 3.05) is 6.54 Å². The molecule has 1 N–H and O–H groups in total. The van der Waals surface area contributed by atoms with Crippen molar-refractivity contribution in [1.82, 2.24) is 19.4 Å². The summed E-state index contributed by atoms with van der Waals surface area (Å²) in [4.78, 5) is 4.01. The summed E-state index contributed by atoms with van der Waals surface area (Å²) < 4.78 is 4.24. The molecule has 0 aromatic carbocycles. The van der Waals surface area contributed by atoms with Crippen LogP contribution in [0.5, 0.6) is 0 Å². The van der Waals surface area contributed by atoms with Gasteiger partial charge in [-0.25, -0.2) is 4.98 Å². The molecule has 0 saturated carbocycles. The van der Waals surface area contributed by atoms with Crippen molar-refractivity contribution in [3.05, 3.63) is 42.7 Å². The molecule has 5 heteroatoms. The summed E-state index contributed by atoms with van der Waals surface area (Å²) in [6, 6.07) is 4.21. The Balaban J connectivity index is 0.00000144. The van der Waals surface area contributed by atoms with Gasteiger partial charge in [0.1, 0.15) is 0 Å². The Kier molecular flexibility index (Phi) is 5.80. The Morgan fingerprint density at radius 1 is 1.35 bits per heavy atom. The number of nitrogens with zero attached hydrogens (tertiary/aromatic N) is 3. The van der Waals surface area contributed by atoms with Gasteiger partial charge >= 0.3 is 0 Å². The molecule has 0 aliphatic heterocycles. The summed E-state index contributed by atoms with van der Waals surface area (Å²) >= 11 is 0. The maximum Gasteiger partial charge on any atom is 0.0945 e. The highest BCUT2D eigenvalue weighted by Gasteiger charge is 1.95. The van der Waals surface area contributed by atoms with Crippen LogP contribution < -0.4 is 5.32 Å². The van der Waals surface area contributed by atoms with E-state index < -0.39 is 0 Å². The van der Waals surface area contributed by atoms with Crippen molar-refractivity contribution in [1.29, 1.82) is 0 Å². The molecule has 0 aliphatic rings. The minimum absolute atomic E-state index is 0. The standard InChI is InChI=1S/C12H18N4.ClH/c1-15-7-2-4-12(15)10-13-5-3-8-16-9-6-14-11-16;/h2,4,6-7,9,11,13H,3,5,8,10H2,1H3;1H. The number of halogens is 1. The maximum absolute atomic E-state index is 4.01. The average molecular weight is 255 g/mol. The lowest BCUT2D eigenvalue weighted by Crippen LogP contribution is -2.17. The molecule has 2 aromatic rings. The molecular weight excluding hydrogens is 236 g/mol. The van der Waals surface area contributed by atoms with Gasteiger partial charge in [-0.05, 0) is 25.1 Å². The van der Waals surface area contributed by atoms with Crippen LogP contribution in [0.3, 0.4) is 0 Å². The number of aryl methyl sites for hydroxylation is 2. The predicted molar refractivity (Wildman–Crippen MR) is 71.2 cm³/mol. The zero-order valence-electron chi connectivity index (χ0n) is 10.0. The lowest BCUT2D eigenvalue weighted by molar-refractivity contribution is 0.571. The van der Waals surface area contributed by atoms with Crippen LogP contribution in [0, 0.1) is 0 Å². The minimum atomic E-state index is 0. The summed E-state index contributed by atoms with van der Waals surface area (Å²) in [5.74, 6) is 0. The monoisotopic (exact) mass is 254 g/mol. The molecule has 2 aromatic heterocycles. The Morgan fingerprint density at radius 3 is 2.88 bits per heavy atom. The van der Waals surface area contributed by atoms with E-state index >= 15 is 0 Å². The fourth-order valence-electron chi connectivity index (χ4n) is 1.70. The molecular formula is C12H19ClN4. The van der Waals surface area contributed by atoms with E-state index in [9.17, 15) is 0 Å². The van der Waals surface area contributed by atoms with E-state index in [1.54, 1.807) is 0 Å². The van der Waals surface area contributed by atoms with E-state index in [1.807, 2.05) is 18.7 Å². The topological polar surface area (TPSA) is 34.8 Å². The average Bonchev–Trinajstić information content (AvgIpc) is 2.90. The van der Waals surface area contributed by atoms with E-state index in [1.165, 1.54) is 5.69 Å². The Hall–Kier alpha value is -1.26. The molecule has 0 atom stereocenters. The van der Waals surface area contributed by atoms with Crippen LogP contribution in [0.25, 0.3) is 0 Å². The highest BCUT2D eigenvalue weighted by molar-refractivity contribution is 5.85. The molecule has 2 heterocycles. The smallest absolute Gasteiger partial charge is 0.0945 e. The number of aromatic nitrogens is 3. The van der Waals surface area contributed by atoms with Gasteiger partial charge in [0.25, 0.3) is 0 Å². The van der Waals surface area contributed by atoms with Crippen LogP contribution in [0.4, 0.5) is 0 Å². The first-order valence-corrected chi connectivity index (χ1v) is 5.63. The van der Waals surface area contributed by atoms with Gasteiger partial charge in [-0.1, -0.05) is 0 Å². The Morgan fingerprint density at radius 2 is 2.24 bits per heavy atom. The second-order valence-electron chi connectivity index (χ2n) is 3.94. The maximum atomic E-state index is 4.01. The van der Waals surface area contributed by atoms with Gasteiger partial charge < -0.3 is 14.5 Å². The van der Waals surface area contributed by atoms with Crippen molar-refractivity contribution in [3.63, 3.8) is 0 Å². The number of rotatable bonds is 6. The van der Waals surface area contributed by atoms with Gasteiger partial charge in [0, 0.05) is 44.4 Å². The first-order chi connectivity index (χ1) is 7.86. The van der Waals surface area contributed by atoms with Crippen LogP contribution in [0.2, 0.25) is 0 Å². The van der Waals surface area contributed by atoms with Gasteiger partial charge in [-0.2, -0.15) is 0 Å². The van der Waals surface area contributed by atoms with E-state index in [0.717, 1.165) is 26.1 Å². The van der Waals surface area contributed by atoms with Crippen molar-refractivity contribution in [3.8, 4) is 0 Å². The van der Waals surface area contributed by atoms with Gasteiger partial charge in [0.15, 0.2) is 0 Å². The van der Waals surface area contributed by atoms with Crippen molar-refractivity contribution in [2.45, 2.75) is 19.5 Å². The molecule has 0 radical (unpaired) electrons. The van der Waals surface area contributed by atoms with E-state index in [0.29, 0.717) is 0 Å². The molecule has 0 unspecified atom stereocenters. The normalized spacial score (nSPS) is 10.2. The Bertz CT molecular complexity index is 408. The van der Waals surface area contributed by atoms with Crippen LogP contribution in [-0.2, 0) is 20.1 Å². The number of nitrogens with one attached hydrogen (secondary N) is 1. The van der Waals surface area contributed by atoms with E-state index in [-0.39, 0.29) is 12.4 Å². The largest absolute Gasteiger partial charge is 0.353 e. The van der Waals surface area contributed by atoms with E-state index in [4.69, 9.17) is 0 Å². The van der Waals surface area contributed by atoms with Crippen molar-refractivity contribution in [2.24, 2.45) is 7.05 Å². The first kappa shape index (κ1) is 13.8. The fraction of sp³-hybridized carbons (Fsp3) is 0.417. The third kappa shape index (κ3) is 4.24. The molecule has 0 spiro atoms. The number of imidazole rings is 1. The summed E-state index contributed by atoms with van der Waals surface area (Å²) in [6.07, 6.45) is 8.87. The lowest BCUT2D eigenvalue weighted by Gasteiger charge is -2.06. The third-order valence-corrected chi connectivity index (χ3v) is 2.69. The zero-order chi connectivity index (χ0) is 11.2. The SMILES string of the molecule is Cl.Cn1cccc1CNCCCn1ccnc1. The molecule has 4 nitrogen and oxygen atoms in total. The minimum Gasteiger partial charge on any atom is -0.353 e. The molecule has 0 fully saturated rings. The van der Waals surface area contributed by atoms with Crippen LogP contribution >= 0.6 is 12.4 Å². The zero-order valence-corrected chi connectivity index (χ0v) is 10.9. The number of hydrogen-bond donors (Lipinski definition) is 1. The summed E-state index contributed by atoms with van der Waals surface area (Å²) in [7, 11) is 2.07.